The van der Waals surface area contributed by atoms with Crippen LogP contribution in [0.5, 0.6) is 5.75 Å². The van der Waals surface area contributed by atoms with Crippen molar-refractivity contribution in [3.05, 3.63) is 64.9 Å². The molecule has 1 amide bonds. The van der Waals surface area contributed by atoms with Crippen molar-refractivity contribution in [2.45, 2.75) is 27.2 Å². The minimum Gasteiger partial charge on any atom is -0.492 e. The van der Waals surface area contributed by atoms with Crippen LogP contribution < -0.4 is 10.1 Å². The number of carbonyl (C=O) groups is 1. The Kier molecular flexibility index (Phi) is 5.08. The molecule has 130 valence electrons. The highest BCUT2D eigenvalue weighted by atomic mass is 16.5. The second-order valence-electron chi connectivity index (χ2n) is 6.38. The molecule has 0 aliphatic rings. The monoisotopic (exact) mass is 337 g/mol. The third-order valence-corrected chi connectivity index (χ3v) is 4.33. The Labute approximate surface area is 147 Å². The van der Waals surface area contributed by atoms with Crippen LogP contribution in [-0.4, -0.2) is 19.1 Å². The van der Waals surface area contributed by atoms with Crippen LogP contribution in [0.1, 0.15) is 22.3 Å². The molecule has 25 heavy (non-hydrogen) atoms. The minimum atomic E-state index is -0.0339. The Morgan fingerprint density at radius 1 is 1.08 bits per heavy atom. The van der Waals surface area contributed by atoms with Gasteiger partial charge < -0.3 is 14.5 Å². The van der Waals surface area contributed by atoms with Crippen molar-refractivity contribution < 1.29 is 13.9 Å². The van der Waals surface area contributed by atoms with Crippen LogP contribution in [0.15, 0.2) is 47.1 Å². The highest BCUT2D eigenvalue weighted by molar-refractivity contribution is 5.88. The normalized spacial score (nSPS) is 10.8. The molecule has 0 saturated carbocycles. The Bertz CT molecular complexity index is 878. The largest absolute Gasteiger partial charge is 0.492 e. The van der Waals surface area contributed by atoms with Gasteiger partial charge in [0.15, 0.2) is 0 Å². The molecule has 0 spiro atoms. The summed E-state index contributed by atoms with van der Waals surface area (Å²) in [4.78, 5) is 12.2. The first-order chi connectivity index (χ1) is 12.0. The Hall–Kier alpha value is -2.75. The summed E-state index contributed by atoms with van der Waals surface area (Å²) < 4.78 is 11.2. The molecule has 1 aromatic heterocycles. The van der Waals surface area contributed by atoms with Crippen LogP contribution in [0.4, 0.5) is 0 Å². The number of aryl methyl sites for hydroxylation is 3. The third-order valence-electron chi connectivity index (χ3n) is 4.33. The zero-order valence-corrected chi connectivity index (χ0v) is 14.9. The van der Waals surface area contributed by atoms with Gasteiger partial charge in [0, 0.05) is 10.9 Å². The number of rotatable bonds is 6. The zero-order valence-electron chi connectivity index (χ0n) is 14.9. The summed E-state index contributed by atoms with van der Waals surface area (Å²) >= 11 is 0. The van der Waals surface area contributed by atoms with E-state index in [-0.39, 0.29) is 5.91 Å². The summed E-state index contributed by atoms with van der Waals surface area (Å²) in [6.45, 7) is 7.07. The maximum atomic E-state index is 12.2. The predicted molar refractivity (Wildman–Crippen MR) is 99.1 cm³/mol. The molecular formula is C21H23NO3. The summed E-state index contributed by atoms with van der Waals surface area (Å²) in [5.41, 5.74) is 5.32. The zero-order chi connectivity index (χ0) is 17.8. The van der Waals surface area contributed by atoms with Gasteiger partial charge in [-0.15, -0.1) is 0 Å². The molecule has 0 unspecified atom stereocenters. The maximum absolute atomic E-state index is 12.2. The first kappa shape index (κ1) is 17.1. The molecule has 4 nitrogen and oxygen atoms in total. The van der Waals surface area contributed by atoms with Gasteiger partial charge in [0.25, 0.3) is 0 Å². The number of fused-ring (bicyclic) bond motifs is 1. The maximum Gasteiger partial charge on any atom is 0.224 e. The topological polar surface area (TPSA) is 51.5 Å². The Balaban J connectivity index is 1.51. The lowest BCUT2D eigenvalue weighted by Gasteiger charge is -2.08. The van der Waals surface area contributed by atoms with E-state index in [4.69, 9.17) is 9.15 Å². The molecule has 0 radical (unpaired) electrons. The number of nitrogens with one attached hydrogen (secondary N) is 1. The van der Waals surface area contributed by atoms with Gasteiger partial charge in [-0.1, -0.05) is 17.7 Å². The molecule has 0 atom stereocenters. The second-order valence-corrected chi connectivity index (χ2v) is 6.38. The smallest absolute Gasteiger partial charge is 0.224 e. The molecule has 3 aromatic rings. The van der Waals surface area contributed by atoms with Crippen LogP contribution in [0.25, 0.3) is 11.0 Å². The van der Waals surface area contributed by atoms with Gasteiger partial charge in [0.2, 0.25) is 5.91 Å². The molecule has 0 fully saturated rings. The van der Waals surface area contributed by atoms with Crippen LogP contribution in [0, 0.1) is 20.8 Å². The average Bonchev–Trinajstić information content (AvgIpc) is 2.95. The van der Waals surface area contributed by atoms with Crippen molar-refractivity contribution in [3.8, 4) is 5.75 Å². The van der Waals surface area contributed by atoms with Crippen LogP contribution in [-0.2, 0) is 11.2 Å². The number of hydrogen-bond acceptors (Lipinski definition) is 3. The summed E-state index contributed by atoms with van der Waals surface area (Å²) in [6.07, 6.45) is 1.98. The fourth-order valence-electron chi connectivity index (χ4n) is 2.70. The Morgan fingerprint density at radius 3 is 2.56 bits per heavy atom. The van der Waals surface area contributed by atoms with E-state index in [1.54, 1.807) is 6.26 Å². The first-order valence-corrected chi connectivity index (χ1v) is 8.46. The predicted octanol–water partition coefficient (Wildman–Crippen LogP) is 4.10. The molecule has 2 aromatic carbocycles. The van der Waals surface area contributed by atoms with Crippen molar-refractivity contribution in [3.63, 3.8) is 0 Å². The van der Waals surface area contributed by atoms with E-state index in [1.165, 1.54) is 16.7 Å². The van der Waals surface area contributed by atoms with Crippen LogP contribution in [0.3, 0.4) is 0 Å². The van der Waals surface area contributed by atoms with Gasteiger partial charge in [-0.25, -0.2) is 0 Å². The molecule has 1 N–H and O–H groups in total. The van der Waals surface area contributed by atoms with E-state index >= 15 is 0 Å². The van der Waals surface area contributed by atoms with Gasteiger partial charge in [-0.2, -0.15) is 0 Å². The molecule has 4 heteroatoms. The van der Waals surface area contributed by atoms with Gasteiger partial charge in [-0.05, 0) is 56.2 Å². The van der Waals surface area contributed by atoms with Crippen molar-refractivity contribution in [2.75, 3.05) is 13.2 Å². The van der Waals surface area contributed by atoms with Gasteiger partial charge in [0.05, 0.1) is 19.2 Å². The molecule has 0 bridgehead atoms. The van der Waals surface area contributed by atoms with Crippen molar-refractivity contribution in [1.29, 1.82) is 0 Å². The van der Waals surface area contributed by atoms with E-state index in [2.05, 4.69) is 25.2 Å². The van der Waals surface area contributed by atoms with E-state index in [9.17, 15) is 4.79 Å². The number of hydrogen-bond donors (Lipinski definition) is 1. The second kappa shape index (κ2) is 7.43. The van der Waals surface area contributed by atoms with E-state index < -0.39 is 0 Å². The minimum absolute atomic E-state index is 0.0339. The van der Waals surface area contributed by atoms with Gasteiger partial charge in [0.1, 0.15) is 17.9 Å². The quantitative estimate of drug-likeness (QED) is 0.689. The molecule has 1 heterocycles. The highest BCUT2D eigenvalue weighted by Gasteiger charge is 2.11. The molecular weight excluding hydrogens is 314 g/mol. The third kappa shape index (κ3) is 4.21. The number of furan rings is 1. The number of ether oxygens (including phenoxy) is 1. The first-order valence-electron chi connectivity index (χ1n) is 8.46. The SMILES string of the molecule is Cc1ccc(OCCNC(=O)Cc2coc3cc(C)c(C)cc23)cc1. The summed E-state index contributed by atoms with van der Waals surface area (Å²) in [7, 11) is 0. The van der Waals surface area contributed by atoms with Crippen LogP contribution in [0.2, 0.25) is 0 Å². The fraction of sp³-hybridized carbons (Fsp3) is 0.286. The van der Waals surface area contributed by atoms with E-state index in [0.717, 1.165) is 22.3 Å². The lowest BCUT2D eigenvalue weighted by Crippen LogP contribution is -2.29. The molecule has 0 aliphatic heterocycles. The van der Waals surface area contributed by atoms with Crippen molar-refractivity contribution in [1.82, 2.24) is 5.32 Å². The van der Waals surface area contributed by atoms with Crippen molar-refractivity contribution >= 4 is 16.9 Å². The van der Waals surface area contributed by atoms with Crippen molar-refractivity contribution in [2.24, 2.45) is 0 Å². The van der Waals surface area contributed by atoms with Gasteiger partial charge in [-0.3, -0.25) is 4.79 Å². The lowest BCUT2D eigenvalue weighted by atomic mass is 10.0. The van der Waals surface area contributed by atoms with Crippen LogP contribution >= 0.6 is 0 Å². The summed E-state index contributed by atoms with van der Waals surface area (Å²) in [5.74, 6) is 0.778. The molecule has 0 saturated heterocycles. The standard InChI is InChI=1S/C21H23NO3/c1-14-4-6-18(7-5-14)24-9-8-22-21(23)12-17-13-25-20-11-16(3)15(2)10-19(17)20/h4-7,10-11,13H,8-9,12H2,1-3H3,(H,22,23). The summed E-state index contributed by atoms with van der Waals surface area (Å²) in [6, 6.07) is 12.0. The number of amides is 1. The summed E-state index contributed by atoms with van der Waals surface area (Å²) in [5, 5.41) is 3.90. The van der Waals surface area contributed by atoms with E-state index in [0.29, 0.717) is 19.6 Å². The average molecular weight is 337 g/mol. The number of benzene rings is 2. The Morgan fingerprint density at radius 2 is 1.80 bits per heavy atom. The van der Waals surface area contributed by atoms with E-state index in [1.807, 2.05) is 37.3 Å². The molecule has 0 aliphatic carbocycles. The number of carbonyl (C=O) groups excluding carboxylic acids is 1. The van der Waals surface area contributed by atoms with Gasteiger partial charge >= 0.3 is 0 Å². The fourth-order valence-corrected chi connectivity index (χ4v) is 2.70. The lowest BCUT2D eigenvalue weighted by molar-refractivity contribution is -0.120. The molecule has 3 rings (SSSR count). The highest BCUT2D eigenvalue weighted by Crippen LogP contribution is 2.25.